The number of nitrogens with zero attached hydrogens (tertiary/aromatic N) is 1. The van der Waals surface area contributed by atoms with E-state index >= 15 is 0 Å². The van der Waals surface area contributed by atoms with Gasteiger partial charge in [-0.3, -0.25) is 20.8 Å². The third-order valence-corrected chi connectivity index (χ3v) is 8.32. The Morgan fingerprint density at radius 3 is 2.12 bits per heavy atom. The predicted octanol–water partition coefficient (Wildman–Crippen LogP) is 5.95. The summed E-state index contributed by atoms with van der Waals surface area (Å²) in [6, 6.07) is 15.1. The Labute approximate surface area is 239 Å². The third-order valence-electron chi connectivity index (χ3n) is 6.54. The number of carbonyl (C=O) groups excluding carboxylic acids is 1. The largest absolute Gasteiger partial charge is 0.508 e. The summed E-state index contributed by atoms with van der Waals surface area (Å²) in [6.45, 7) is 2.16. The Morgan fingerprint density at radius 1 is 0.951 bits per heavy atom. The smallest absolute Gasteiger partial charge is 0.295 e. The van der Waals surface area contributed by atoms with Crippen molar-refractivity contribution in [3.63, 3.8) is 0 Å². The van der Waals surface area contributed by atoms with Crippen LogP contribution in [0.5, 0.6) is 11.5 Å². The summed E-state index contributed by atoms with van der Waals surface area (Å²) in [5, 5.41) is 23.5. The summed E-state index contributed by atoms with van der Waals surface area (Å²) < 4.78 is 31.9. The molecule has 0 saturated carbocycles. The number of aromatic hydroxyl groups is 1. The number of anilines is 2. The van der Waals surface area contributed by atoms with Crippen molar-refractivity contribution < 1.29 is 28.0 Å². The van der Waals surface area contributed by atoms with E-state index in [9.17, 15) is 28.4 Å². The number of phenols is 1. The molecule has 0 bridgehead atoms. The van der Waals surface area contributed by atoms with E-state index in [1.807, 2.05) is 0 Å². The minimum atomic E-state index is -3.82. The summed E-state index contributed by atoms with van der Waals surface area (Å²) in [4.78, 5) is 24.1. The number of benzene rings is 3. The zero-order chi connectivity index (χ0) is 29.8. The minimum absolute atomic E-state index is 0.0320. The predicted molar refractivity (Wildman–Crippen MR) is 157 cm³/mol. The number of hydrogen-bond acceptors (Lipinski definition) is 9. The van der Waals surface area contributed by atoms with Gasteiger partial charge in [-0.1, -0.05) is 45.4 Å². The molecule has 0 heterocycles. The number of phenolic OH excluding ortho intramolecular Hbond substituents is 1. The van der Waals surface area contributed by atoms with Crippen molar-refractivity contribution in [3.8, 4) is 11.5 Å². The van der Waals surface area contributed by atoms with Gasteiger partial charge in [0.05, 0.1) is 14.7 Å². The summed E-state index contributed by atoms with van der Waals surface area (Å²) in [5.41, 5.74) is 2.28. The van der Waals surface area contributed by atoms with Gasteiger partial charge < -0.3 is 20.6 Å². The number of ether oxygens (including phenoxy) is 1. The van der Waals surface area contributed by atoms with Gasteiger partial charge in [0.2, 0.25) is 9.84 Å². The monoisotopic (exact) mass is 584 g/mol. The molecule has 0 spiro atoms. The van der Waals surface area contributed by atoms with Gasteiger partial charge in [-0.25, -0.2) is 8.42 Å². The van der Waals surface area contributed by atoms with Crippen molar-refractivity contribution in [2.45, 2.75) is 74.2 Å². The maximum Gasteiger partial charge on any atom is 0.295 e. The Hall–Kier alpha value is -4.16. The molecule has 1 amide bonds. The summed E-state index contributed by atoms with van der Waals surface area (Å²) >= 11 is 0. The third kappa shape index (κ3) is 8.92. The molecule has 220 valence electrons. The second kappa shape index (κ2) is 15.0. The first-order chi connectivity index (χ1) is 19.6. The highest BCUT2D eigenvalue weighted by atomic mass is 32.2. The van der Waals surface area contributed by atoms with Gasteiger partial charge in [-0.2, -0.15) is 0 Å². The lowest BCUT2D eigenvalue weighted by molar-refractivity contribution is -0.383. The number of sulfone groups is 1. The number of nitro groups is 1. The minimum Gasteiger partial charge on any atom is -0.508 e. The lowest BCUT2D eigenvalue weighted by Gasteiger charge is -2.19. The second-order valence-electron chi connectivity index (χ2n) is 9.61. The van der Waals surface area contributed by atoms with Crippen molar-refractivity contribution in [2.24, 2.45) is 5.84 Å². The maximum absolute atomic E-state index is 13.2. The standard InChI is InChI=1S/C29H36N4O7S/c1-2-3-4-5-6-7-8-9-28(29(35)31-21-10-19-26(32-30)27(20-21)33(36)37)40-23-13-17-25(18-14-23)41(38,39)24-15-11-22(34)12-16-24/h10-20,28,32,34H,2-9,30H2,1H3,(H,31,35). The molecule has 0 fully saturated rings. The Balaban J connectivity index is 1.74. The van der Waals surface area contributed by atoms with Crippen LogP contribution in [0.4, 0.5) is 17.1 Å². The molecule has 41 heavy (non-hydrogen) atoms. The van der Waals surface area contributed by atoms with Crippen LogP contribution < -0.4 is 21.3 Å². The number of hydrazine groups is 1. The van der Waals surface area contributed by atoms with Gasteiger partial charge in [0.15, 0.2) is 6.10 Å². The second-order valence-corrected chi connectivity index (χ2v) is 11.6. The zero-order valence-electron chi connectivity index (χ0n) is 22.9. The highest BCUT2D eigenvalue weighted by Crippen LogP contribution is 2.28. The number of nitrogens with one attached hydrogen (secondary N) is 2. The van der Waals surface area contributed by atoms with Crippen molar-refractivity contribution in [1.29, 1.82) is 0 Å². The number of nitrogen functional groups attached to an aromatic ring is 1. The molecular formula is C29H36N4O7S. The van der Waals surface area contributed by atoms with Crippen LogP contribution in [-0.2, 0) is 14.6 Å². The van der Waals surface area contributed by atoms with Crippen LogP contribution in [-0.4, -0.2) is 30.5 Å². The number of amides is 1. The molecule has 3 aromatic carbocycles. The number of hydrogen-bond donors (Lipinski definition) is 4. The number of nitro benzene ring substituents is 1. The van der Waals surface area contributed by atoms with Gasteiger partial charge in [0, 0.05) is 11.8 Å². The van der Waals surface area contributed by atoms with E-state index in [1.54, 1.807) is 0 Å². The number of rotatable bonds is 16. The molecule has 1 atom stereocenters. The summed E-state index contributed by atoms with van der Waals surface area (Å²) in [5.74, 6) is 5.12. The average molecular weight is 585 g/mol. The quantitative estimate of drug-likeness (QED) is 0.0687. The Morgan fingerprint density at radius 2 is 1.54 bits per heavy atom. The fourth-order valence-corrected chi connectivity index (χ4v) is 5.52. The van der Waals surface area contributed by atoms with E-state index in [0.717, 1.165) is 32.1 Å². The van der Waals surface area contributed by atoms with Crippen LogP contribution in [0.1, 0.15) is 58.3 Å². The molecule has 0 saturated heterocycles. The molecule has 3 aromatic rings. The van der Waals surface area contributed by atoms with E-state index in [-0.39, 0.29) is 32.6 Å². The maximum atomic E-state index is 13.2. The lowest BCUT2D eigenvalue weighted by atomic mass is 10.1. The van der Waals surface area contributed by atoms with Crippen molar-refractivity contribution in [1.82, 2.24) is 0 Å². The van der Waals surface area contributed by atoms with Crippen LogP contribution in [0.25, 0.3) is 0 Å². The normalized spacial score (nSPS) is 12.0. The fraction of sp³-hybridized carbons (Fsp3) is 0.345. The van der Waals surface area contributed by atoms with Crippen LogP contribution in [0.3, 0.4) is 0 Å². The Kier molecular flexibility index (Phi) is 11.5. The first kappa shape index (κ1) is 31.4. The van der Waals surface area contributed by atoms with E-state index < -0.39 is 26.8 Å². The van der Waals surface area contributed by atoms with Gasteiger partial charge in [-0.15, -0.1) is 0 Å². The zero-order valence-corrected chi connectivity index (χ0v) is 23.7. The van der Waals surface area contributed by atoms with Gasteiger partial charge in [0.1, 0.15) is 17.2 Å². The van der Waals surface area contributed by atoms with Crippen LogP contribution in [0.15, 0.2) is 76.5 Å². The van der Waals surface area contributed by atoms with Crippen LogP contribution in [0, 0.1) is 10.1 Å². The Bertz CT molecular complexity index is 1410. The molecule has 12 heteroatoms. The van der Waals surface area contributed by atoms with Gasteiger partial charge in [-0.05, 0) is 73.5 Å². The SMILES string of the molecule is CCCCCCCCCC(Oc1ccc(S(=O)(=O)c2ccc(O)cc2)cc1)C(=O)Nc1ccc(NN)c([N+](=O)[O-])c1. The molecule has 11 nitrogen and oxygen atoms in total. The molecular weight excluding hydrogens is 548 g/mol. The van der Waals surface area contributed by atoms with E-state index in [4.69, 9.17) is 10.6 Å². The average Bonchev–Trinajstić information content (AvgIpc) is 2.96. The van der Waals surface area contributed by atoms with E-state index in [1.165, 1.54) is 79.6 Å². The summed E-state index contributed by atoms with van der Waals surface area (Å²) in [6.07, 6.45) is 6.81. The van der Waals surface area contributed by atoms with Crippen LogP contribution >= 0.6 is 0 Å². The molecule has 1 unspecified atom stereocenters. The molecule has 3 rings (SSSR count). The van der Waals surface area contributed by atoms with Gasteiger partial charge in [0.25, 0.3) is 11.6 Å². The van der Waals surface area contributed by atoms with E-state index in [2.05, 4.69) is 17.7 Å². The summed E-state index contributed by atoms with van der Waals surface area (Å²) in [7, 11) is -3.82. The first-order valence-electron chi connectivity index (χ1n) is 13.5. The molecule has 0 aliphatic carbocycles. The topological polar surface area (TPSA) is 174 Å². The first-order valence-corrected chi connectivity index (χ1v) is 15.0. The lowest BCUT2D eigenvalue weighted by Crippen LogP contribution is -2.33. The number of carbonyl (C=O) groups is 1. The van der Waals surface area contributed by atoms with Crippen molar-refractivity contribution >= 4 is 32.8 Å². The highest BCUT2D eigenvalue weighted by Gasteiger charge is 2.23. The molecule has 0 radical (unpaired) electrons. The van der Waals surface area contributed by atoms with E-state index in [0.29, 0.717) is 12.2 Å². The molecule has 0 aliphatic heterocycles. The van der Waals surface area contributed by atoms with Crippen molar-refractivity contribution in [2.75, 3.05) is 10.7 Å². The molecule has 0 aromatic heterocycles. The fourth-order valence-electron chi connectivity index (χ4n) is 4.26. The molecule has 0 aliphatic rings. The van der Waals surface area contributed by atoms with Crippen molar-refractivity contribution in [3.05, 3.63) is 76.8 Å². The number of unbranched alkanes of at least 4 members (excludes halogenated alkanes) is 6. The van der Waals surface area contributed by atoms with Crippen LogP contribution in [0.2, 0.25) is 0 Å². The molecule has 5 N–H and O–H groups in total. The van der Waals surface area contributed by atoms with Gasteiger partial charge >= 0.3 is 0 Å². The highest BCUT2D eigenvalue weighted by molar-refractivity contribution is 7.91. The number of nitrogens with two attached hydrogens (primary N) is 1.